The van der Waals surface area contributed by atoms with Crippen LogP contribution < -0.4 is 0 Å². The number of rotatable bonds is 22. The Morgan fingerprint density at radius 3 is 1.62 bits per heavy atom. The third kappa shape index (κ3) is 9.65. The normalized spacial score (nSPS) is 16.4. The van der Waals surface area contributed by atoms with E-state index in [1.165, 1.54) is 89.9 Å². The third-order valence-corrected chi connectivity index (χ3v) is 10.5. The predicted octanol–water partition coefficient (Wildman–Crippen LogP) is 12.2. The molecule has 2 atom stereocenters. The molecular formula is C38H56Br2N2O3. The van der Waals surface area contributed by atoms with E-state index in [-0.39, 0.29) is 5.91 Å². The Kier molecular flexibility index (Phi) is 14.9. The van der Waals surface area contributed by atoms with Gasteiger partial charge in [0.25, 0.3) is 5.91 Å². The number of carbonyl (C=O) groups is 1. The Morgan fingerprint density at radius 2 is 1.13 bits per heavy atom. The number of halogens is 2. The molecule has 2 aromatic rings. The van der Waals surface area contributed by atoms with Gasteiger partial charge in [-0.1, -0.05) is 105 Å². The van der Waals surface area contributed by atoms with Crippen molar-refractivity contribution in [1.29, 1.82) is 0 Å². The van der Waals surface area contributed by atoms with Gasteiger partial charge in [-0.15, -0.1) is 0 Å². The average molecular weight is 749 g/mol. The predicted molar refractivity (Wildman–Crippen MR) is 193 cm³/mol. The van der Waals surface area contributed by atoms with Crippen LogP contribution >= 0.6 is 31.9 Å². The SMILES string of the molecule is CCCCCCC(CCCC)CN1CC2=C(c3ccc(Br)o3)N(CC(CCCC)CCCCCC)C(=O)C2=C1c1ccc(Br)o1. The molecule has 0 saturated carbocycles. The van der Waals surface area contributed by atoms with Crippen molar-refractivity contribution < 1.29 is 13.6 Å². The zero-order chi connectivity index (χ0) is 32.2. The van der Waals surface area contributed by atoms with Crippen LogP contribution in [0.4, 0.5) is 0 Å². The summed E-state index contributed by atoms with van der Waals surface area (Å²) in [5, 5.41) is 0. The Hall–Kier alpha value is -1.73. The van der Waals surface area contributed by atoms with Crippen molar-refractivity contribution in [2.75, 3.05) is 19.6 Å². The van der Waals surface area contributed by atoms with Crippen LogP contribution in [0.15, 0.2) is 53.6 Å². The minimum absolute atomic E-state index is 0.0978. The second-order valence-electron chi connectivity index (χ2n) is 13.3. The molecule has 0 aliphatic carbocycles. The quantitative estimate of drug-likeness (QED) is 0.113. The molecule has 0 bridgehead atoms. The number of fused-ring (bicyclic) bond motifs is 1. The number of carbonyl (C=O) groups excluding carboxylic acids is 1. The highest BCUT2D eigenvalue weighted by Crippen LogP contribution is 2.47. The van der Waals surface area contributed by atoms with Crippen LogP contribution in [0.5, 0.6) is 0 Å². The van der Waals surface area contributed by atoms with Crippen molar-refractivity contribution in [3.05, 3.63) is 56.3 Å². The Bertz CT molecular complexity index is 1280. The molecule has 5 nitrogen and oxygen atoms in total. The molecule has 7 heteroatoms. The zero-order valence-corrected chi connectivity index (χ0v) is 31.4. The van der Waals surface area contributed by atoms with Crippen LogP contribution in [0.1, 0.15) is 142 Å². The molecule has 0 N–H and O–H groups in total. The Morgan fingerprint density at radius 1 is 0.644 bits per heavy atom. The number of amides is 1. The van der Waals surface area contributed by atoms with Crippen molar-refractivity contribution in [3.8, 4) is 0 Å². The van der Waals surface area contributed by atoms with E-state index in [4.69, 9.17) is 8.83 Å². The molecule has 4 rings (SSSR count). The fourth-order valence-electron chi connectivity index (χ4n) is 7.18. The van der Waals surface area contributed by atoms with E-state index < -0.39 is 0 Å². The van der Waals surface area contributed by atoms with Crippen LogP contribution in [0.2, 0.25) is 0 Å². The first kappa shape index (κ1) is 36.1. The Labute approximate surface area is 289 Å². The largest absolute Gasteiger partial charge is 0.448 e. The van der Waals surface area contributed by atoms with Crippen molar-refractivity contribution in [2.24, 2.45) is 11.8 Å². The van der Waals surface area contributed by atoms with Gasteiger partial charge in [0.2, 0.25) is 0 Å². The number of hydrogen-bond acceptors (Lipinski definition) is 4. The molecule has 4 heterocycles. The first-order valence-corrected chi connectivity index (χ1v) is 19.6. The fourth-order valence-corrected chi connectivity index (χ4v) is 7.79. The van der Waals surface area contributed by atoms with Gasteiger partial charge in [-0.3, -0.25) is 4.79 Å². The molecule has 2 aromatic heterocycles. The van der Waals surface area contributed by atoms with Gasteiger partial charge in [-0.2, -0.15) is 0 Å². The summed E-state index contributed by atoms with van der Waals surface area (Å²) < 4.78 is 13.8. The fraction of sp³-hybridized carbons (Fsp3) is 0.658. The van der Waals surface area contributed by atoms with Crippen molar-refractivity contribution >= 4 is 49.2 Å². The maximum absolute atomic E-state index is 14.7. The van der Waals surface area contributed by atoms with E-state index >= 15 is 0 Å². The third-order valence-electron chi connectivity index (χ3n) is 9.61. The molecule has 2 unspecified atom stereocenters. The van der Waals surface area contributed by atoms with Gasteiger partial charge >= 0.3 is 0 Å². The molecule has 0 spiro atoms. The summed E-state index contributed by atoms with van der Waals surface area (Å²) in [4.78, 5) is 19.2. The number of unbranched alkanes of at least 4 members (excludes halogenated alkanes) is 8. The summed E-state index contributed by atoms with van der Waals surface area (Å²) in [6, 6.07) is 7.92. The minimum atomic E-state index is 0.0978. The summed E-state index contributed by atoms with van der Waals surface area (Å²) in [5.41, 5.74) is 3.80. The summed E-state index contributed by atoms with van der Waals surface area (Å²) >= 11 is 7.08. The first-order chi connectivity index (χ1) is 21.9. The maximum Gasteiger partial charge on any atom is 0.261 e. The van der Waals surface area contributed by atoms with Gasteiger partial charge in [0, 0.05) is 25.2 Å². The van der Waals surface area contributed by atoms with Gasteiger partial charge in [0.15, 0.2) is 20.9 Å². The monoisotopic (exact) mass is 746 g/mol. The molecular weight excluding hydrogens is 692 g/mol. The van der Waals surface area contributed by atoms with E-state index in [0.29, 0.717) is 27.7 Å². The molecule has 1 amide bonds. The standard InChI is InChI=1S/C38H56Br2N2O3/c1-5-9-13-15-19-28(17-11-7-3)25-41-27-30-35(37(41)32-22-24-34(40)45-32)38(43)42(36(30)31-21-23-33(39)44-31)26-29(18-12-8-4)20-16-14-10-6-2/h21-24,28-29H,5-20,25-27H2,1-4H3. The molecule has 0 fully saturated rings. The van der Waals surface area contributed by atoms with Crippen LogP contribution in [-0.4, -0.2) is 35.3 Å². The second kappa shape index (κ2) is 18.6. The number of nitrogens with zero attached hydrogens (tertiary/aromatic N) is 2. The van der Waals surface area contributed by atoms with E-state index in [9.17, 15) is 4.79 Å². The van der Waals surface area contributed by atoms with Crippen molar-refractivity contribution in [1.82, 2.24) is 9.80 Å². The minimum Gasteiger partial charge on any atom is -0.448 e. The van der Waals surface area contributed by atoms with Gasteiger partial charge in [0.05, 0.1) is 17.0 Å². The lowest BCUT2D eigenvalue weighted by molar-refractivity contribution is -0.123. The van der Waals surface area contributed by atoms with E-state index in [2.05, 4.69) is 69.4 Å². The maximum atomic E-state index is 14.7. The van der Waals surface area contributed by atoms with Crippen molar-refractivity contribution in [2.45, 2.75) is 130 Å². The van der Waals surface area contributed by atoms with Crippen LogP contribution in [0.3, 0.4) is 0 Å². The molecule has 0 aromatic carbocycles. The molecule has 2 aliphatic heterocycles. The molecule has 0 radical (unpaired) electrons. The first-order valence-electron chi connectivity index (χ1n) is 18.0. The topological polar surface area (TPSA) is 49.8 Å². The van der Waals surface area contributed by atoms with Crippen LogP contribution in [0, 0.1) is 11.8 Å². The van der Waals surface area contributed by atoms with Crippen molar-refractivity contribution in [3.63, 3.8) is 0 Å². The van der Waals surface area contributed by atoms with Gasteiger partial charge in [-0.25, -0.2) is 0 Å². The smallest absolute Gasteiger partial charge is 0.261 e. The van der Waals surface area contributed by atoms with Gasteiger partial charge in [0.1, 0.15) is 0 Å². The summed E-state index contributed by atoms with van der Waals surface area (Å²) in [6.45, 7) is 11.5. The van der Waals surface area contributed by atoms with Crippen LogP contribution in [-0.2, 0) is 4.79 Å². The molecule has 2 aliphatic rings. The lowest BCUT2D eigenvalue weighted by atomic mass is 9.94. The zero-order valence-electron chi connectivity index (χ0n) is 28.3. The van der Waals surface area contributed by atoms with Crippen LogP contribution in [0.25, 0.3) is 11.4 Å². The summed E-state index contributed by atoms with van der Waals surface area (Å²) in [6.07, 6.45) is 19.7. The highest BCUT2D eigenvalue weighted by atomic mass is 79.9. The highest BCUT2D eigenvalue weighted by molar-refractivity contribution is 9.10. The summed E-state index contributed by atoms with van der Waals surface area (Å²) in [5.74, 6) is 2.69. The molecule has 45 heavy (non-hydrogen) atoms. The van der Waals surface area contributed by atoms with E-state index in [1.807, 2.05) is 24.3 Å². The molecule has 250 valence electrons. The van der Waals surface area contributed by atoms with Gasteiger partial charge < -0.3 is 18.6 Å². The lowest BCUT2D eigenvalue weighted by Crippen LogP contribution is -2.33. The Balaban J connectivity index is 1.71. The van der Waals surface area contributed by atoms with Gasteiger partial charge in [-0.05, 0) is 93.6 Å². The van der Waals surface area contributed by atoms with E-state index in [1.54, 1.807) is 0 Å². The lowest BCUT2D eigenvalue weighted by Gasteiger charge is -2.30. The second-order valence-corrected chi connectivity index (χ2v) is 14.8. The molecule has 0 saturated heterocycles. The number of hydrogen-bond donors (Lipinski definition) is 0. The van der Waals surface area contributed by atoms with E-state index in [0.717, 1.165) is 60.0 Å². The summed E-state index contributed by atoms with van der Waals surface area (Å²) in [7, 11) is 0. The number of furan rings is 2. The average Bonchev–Trinajstić information content (AvgIpc) is 3.80. The highest BCUT2D eigenvalue weighted by Gasteiger charge is 2.46.